The molecule has 0 aliphatic carbocycles. The molecule has 0 atom stereocenters. The molecule has 6 nitrogen and oxygen atoms in total. The number of hydrogen-bond donors (Lipinski definition) is 1. The third-order valence-corrected chi connectivity index (χ3v) is 2.33. The van der Waals surface area contributed by atoms with Crippen molar-refractivity contribution in [1.29, 1.82) is 0 Å². The van der Waals surface area contributed by atoms with Gasteiger partial charge in [-0.1, -0.05) is 12.2 Å². The molecule has 0 unspecified atom stereocenters. The first-order chi connectivity index (χ1) is 7.65. The van der Waals surface area contributed by atoms with E-state index in [1.165, 1.54) is 0 Å². The lowest BCUT2D eigenvalue weighted by Gasteiger charge is -1.97. The average molecular weight is 236 g/mol. The summed E-state index contributed by atoms with van der Waals surface area (Å²) in [7, 11) is 1.89. The number of thiocarbonyl (C=S) groups is 1. The van der Waals surface area contributed by atoms with Gasteiger partial charge in [0.15, 0.2) is 0 Å². The Morgan fingerprint density at radius 1 is 1.56 bits per heavy atom. The van der Waals surface area contributed by atoms with E-state index in [2.05, 4.69) is 15.2 Å². The highest BCUT2D eigenvalue weighted by molar-refractivity contribution is 7.80. The van der Waals surface area contributed by atoms with Crippen LogP contribution in [0, 0.1) is 0 Å². The van der Waals surface area contributed by atoms with E-state index in [0.717, 1.165) is 18.5 Å². The first-order valence-electron chi connectivity index (χ1n) is 4.82. The third kappa shape index (κ3) is 2.43. The van der Waals surface area contributed by atoms with Crippen LogP contribution in [0.5, 0.6) is 0 Å². The summed E-state index contributed by atoms with van der Waals surface area (Å²) in [5, 5.41) is 8.24. The lowest BCUT2D eigenvalue weighted by atomic mass is 10.2. The van der Waals surface area contributed by atoms with Crippen molar-refractivity contribution in [2.75, 3.05) is 0 Å². The molecule has 7 heteroatoms. The fraction of sp³-hybridized carbons (Fsp3) is 0.333. The fourth-order valence-electron chi connectivity index (χ4n) is 1.36. The summed E-state index contributed by atoms with van der Waals surface area (Å²) < 4.78 is 3.50. The molecule has 0 fully saturated rings. The topological polar surface area (TPSA) is 74.5 Å². The molecule has 2 N–H and O–H groups in total. The highest BCUT2D eigenvalue weighted by atomic mass is 32.1. The number of nitrogens with two attached hydrogens (primary N) is 1. The van der Waals surface area contributed by atoms with Crippen molar-refractivity contribution >= 4 is 17.2 Å². The predicted octanol–water partition coefficient (Wildman–Crippen LogP) is -0.112. The number of aromatic nitrogens is 5. The predicted molar refractivity (Wildman–Crippen MR) is 62.8 cm³/mol. The Balaban J connectivity index is 1.97. The second-order valence-electron chi connectivity index (χ2n) is 3.47. The smallest absolute Gasteiger partial charge is 0.208 e. The Morgan fingerprint density at radius 2 is 2.38 bits per heavy atom. The Labute approximate surface area is 98.1 Å². The zero-order valence-corrected chi connectivity index (χ0v) is 9.68. The van der Waals surface area contributed by atoms with Crippen LogP contribution in [0.1, 0.15) is 11.4 Å². The van der Waals surface area contributed by atoms with Crippen molar-refractivity contribution in [2.45, 2.75) is 13.0 Å². The van der Waals surface area contributed by atoms with Gasteiger partial charge in [-0.25, -0.2) is 4.98 Å². The highest BCUT2D eigenvalue weighted by Crippen LogP contribution is 1.99. The van der Waals surface area contributed by atoms with E-state index in [4.69, 9.17) is 18.0 Å². The van der Waals surface area contributed by atoms with Crippen LogP contribution in [0.3, 0.4) is 0 Å². The molecule has 16 heavy (non-hydrogen) atoms. The molecule has 2 heterocycles. The Bertz CT molecular complexity index is 500. The number of nitrogens with zero attached hydrogens (tertiary/aromatic N) is 5. The van der Waals surface area contributed by atoms with Crippen molar-refractivity contribution < 1.29 is 0 Å². The standard InChI is InChI=1S/C9H12N6S/c1-14-5-7(4-12-14)2-3-15-6-11-9(13-15)8(10)16/h4-6H,2-3H2,1H3,(H2,10,16). The van der Waals surface area contributed by atoms with E-state index in [0.29, 0.717) is 5.82 Å². The van der Waals surface area contributed by atoms with Crippen LogP contribution in [0.2, 0.25) is 0 Å². The fourth-order valence-corrected chi connectivity index (χ4v) is 1.45. The molecule has 0 bridgehead atoms. The summed E-state index contributed by atoms with van der Waals surface area (Å²) >= 11 is 4.78. The minimum Gasteiger partial charge on any atom is -0.387 e. The van der Waals surface area contributed by atoms with Gasteiger partial charge in [0, 0.05) is 19.8 Å². The minimum absolute atomic E-state index is 0.222. The van der Waals surface area contributed by atoms with E-state index in [-0.39, 0.29) is 4.99 Å². The first kappa shape index (κ1) is 10.7. The normalized spacial score (nSPS) is 10.6. The molecule has 0 aliphatic rings. The summed E-state index contributed by atoms with van der Waals surface area (Å²) in [5.41, 5.74) is 6.58. The Hall–Kier alpha value is -1.76. The van der Waals surface area contributed by atoms with Crippen molar-refractivity contribution in [1.82, 2.24) is 24.5 Å². The van der Waals surface area contributed by atoms with E-state index < -0.39 is 0 Å². The molecule has 2 aromatic heterocycles. The van der Waals surface area contributed by atoms with Crippen LogP contribution < -0.4 is 5.73 Å². The molecule has 0 aromatic carbocycles. The van der Waals surface area contributed by atoms with E-state index >= 15 is 0 Å². The lowest BCUT2D eigenvalue weighted by molar-refractivity contribution is 0.612. The molecule has 0 amide bonds. The average Bonchev–Trinajstić information content (AvgIpc) is 2.83. The maximum atomic E-state index is 5.42. The lowest BCUT2D eigenvalue weighted by Crippen LogP contribution is -2.12. The molecule has 2 aromatic rings. The zero-order chi connectivity index (χ0) is 11.5. The largest absolute Gasteiger partial charge is 0.387 e. The van der Waals surface area contributed by atoms with Gasteiger partial charge in [-0.3, -0.25) is 9.36 Å². The first-order valence-corrected chi connectivity index (χ1v) is 5.23. The summed E-state index contributed by atoms with van der Waals surface area (Å²) in [4.78, 5) is 4.22. The number of aryl methyl sites for hydroxylation is 3. The molecule has 2 rings (SSSR count). The molecule has 0 spiro atoms. The van der Waals surface area contributed by atoms with Gasteiger partial charge in [0.2, 0.25) is 5.82 Å². The Kier molecular flexibility index (Phi) is 2.95. The molecular formula is C9H12N6S. The minimum atomic E-state index is 0.222. The second kappa shape index (κ2) is 4.40. The molecule has 84 valence electrons. The van der Waals surface area contributed by atoms with Crippen LogP contribution in [-0.2, 0) is 20.0 Å². The molecule has 0 radical (unpaired) electrons. The van der Waals surface area contributed by atoms with Gasteiger partial charge in [-0.2, -0.15) is 5.10 Å². The highest BCUT2D eigenvalue weighted by Gasteiger charge is 2.03. The van der Waals surface area contributed by atoms with Crippen LogP contribution in [0.25, 0.3) is 0 Å². The van der Waals surface area contributed by atoms with E-state index in [1.807, 2.05) is 19.4 Å². The van der Waals surface area contributed by atoms with Crippen LogP contribution >= 0.6 is 12.2 Å². The molecule has 0 saturated heterocycles. The van der Waals surface area contributed by atoms with Gasteiger partial charge in [-0.15, -0.1) is 5.10 Å². The van der Waals surface area contributed by atoms with Crippen molar-refractivity contribution in [2.24, 2.45) is 12.8 Å². The summed E-state index contributed by atoms with van der Waals surface area (Å²) in [6.07, 6.45) is 6.30. The maximum absolute atomic E-state index is 5.42. The van der Waals surface area contributed by atoms with Crippen LogP contribution in [0.15, 0.2) is 18.7 Å². The van der Waals surface area contributed by atoms with Gasteiger partial charge in [0.25, 0.3) is 0 Å². The molecule has 0 aliphatic heterocycles. The van der Waals surface area contributed by atoms with E-state index in [1.54, 1.807) is 15.7 Å². The van der Waals surface area contributed by atoms with Gasteiger partial charge >= 0.3 is 0 Å². The van der Waals surface area contributed by atoms with Crippen LogP contribution in [-0.4, -0.2) is 29.5 Å². The van der Waals surface area contributed by atoms with Gasteiger partial charge < -0.3 is 5.73 Å². The van der Waals surface area contributed by atoms with E-state index in [9.17, 15) is 0 Å². The van der Waals surface area contributed by atoms with Crippen molar-refractivity contribution in [3.05, 3.63) is 30.1 Å². The number of rotatable bonds is 4. The van der Waals surface area contributed by atoms with Gasteiger partial charge in [-0.05, 0) is 12.0 Å². The summed E-state index contributed by atoms with van der Waals surface area (Å²) in [5.74, 6) is 0.418. The SMILES string of the molecule is Cn1cc(CCn2cnc(C(N)=S)n2)cn1. The Morgan fingerprint density at radius 3 is 2.94 bits per heavy atom. The van der Waals surface area contributed by atoms with Gasteiger partial charge in [0.05, 0.1) is 6.20 Å². The zero-order valence-electron chi connectivity index (χ0n) is 8.87. The molecule has 0 saturated carbocycles. The monoisotopic (exact) mass is 236 g/mol. The van der Waals surface area contributed by atoms with Crippen molar-refractivity contribution in [3.63, 3.8) is 0 Å². The summed E-state index contributed by atoms with van der Waals surface area (Å²) in [6.45, 7) is 0.737. The quantitative estimate of drug-likeness (QED) is 0.750. The molecular weight excluding hydrogens is 224 g/mol. The second-order valence-corrected chi connectivity index (χ2v) is 3.91. The van der Waals surface area contributed by atoms with Crippen molar-refractivity contribution in [3.8, 4) is 0 Å². The summed E-state index contributed by atoms with van der Waals surface area (Å²) in [6, 6.07) is 0. The number of hydrogen-bond acceptors (Lipinski definition) is 4. The third-order valence-electron chi connectivity index (χ3n) is 2.14. The van der Waals surface area contributed by atoms with Gasteiger partial charge in [0.1, 0.15) is 11.3 Å². The maximum Gasteiger partial charge on any atom is 0.208 e. The van der Waals surface area contributed by atoms with Crippen LogP contribution in [0.4, 0.5) is 0 Å².